The summed E-state index contributed by atoms with van der Waals surface area (Å²) in [7, 11) is 2.09. The Morgan fingerprint density at radius 3 is 3.00 bits per heavy atom. The van der Waals surface area contributed by atoms with Gasteiger partial charge in [0.05, 0.1) is 11.4 Å². The number of aromatic nitrogens is 2. The van der Waals surface area contributed by atoms with E-state index in [9.17, 15) is 0 Å². The van der Waals surface area contributed by atoms with Gasteiger partial charge in [-0.25, -0.2) is 4.98 Å². The SMILES string of the molecule is Cc1cnc(C)c(N(C)CC2CCCN2)n1. The molecule has 88 valence electrons. The molecule has 2 heterocycles. The number of nitrogens with one attached hydrogen (secondary N) is 1. The maximum absolute atomic E-state index is 4.55. The first kappa shape index (κ1) is 11.3. The summed E-state index contributed by atoms with van der Waals surface area (Å²) in [6.07, 6.45) is 4.38. The Hall–Kier alpha value is -1.16. The Kier molecular flexibility index (Phi) is 3.39. The fourth-order valence-corrected chi connectivity index (χ4v) is 2.22. The zero-order valence-corrected chi connectivity index (χ0v) is 10.3. The summed E-state index contributed by atoms with van der Waals surface area (Å²) in [5, 5.41) is 3.50. The molecule has 1 aliphatic heterocycles. The molecule has 0 saturated carbocycles. The van der Waals surface area contributed by atoms with Crippen LogP contribution in [0.3, 0.4) is 0 Å². The van der Waals surface area contributed by atoms with E-state index in [1.165, 1.54) is 12.8 Å². The van der Waals surface area contributed by atoms with Crippen molar-refractivity contribution in [1.82, 2.24) is 15.3 Å². The van der Waals surface area contributed by atoms with Gasteiger partial charge in [0.1, 0.15) is 5.82 Å². The van der Waals surface area contributed by atoms with Gasteiger partial charge >= 0.3 is 0 Å². The van der Waals surface area contributed by atoms with Crippen molar-refractivity contribution in [3.63, 3.8) is 0 Å². The second-order valence-electron chi connectivity index (χ2n) is 4.59. The van der Waals surface area contributed by atoms with Crippen LogP contribution in [-0.4, -0.2) is 36.1 Å². The molecule has 4 nitrogen and oxygen atoms in total. The minimum Gasteiger partial charge on any atom is -0.357 e. The largest absolute Gasteiger partial charge is 0.357 e. The number of nitrogens with zero attached hydrogens (tertiary/aromatic N) is 3. The fraction of sp³-hybridized carbons (Fsp3) is 0.667. The summed E-state index contributed by atoms with van der Waals surface area (Å²) in [6, 6.07) is 0.603. The first-order valence-corrected chi connectivity index (χ1v) is 5.91. The van der Waals surface area contributed by atoms with Gasteiger partial charge < -0.3 is 10.2 Å². The zero-order chi connectivity index (χ0) is 11.5. The van der Waals surface area contributed by atoms with Crippen LogP contribution < -0.4 is 10.2 Å². The van der Waals surface area contributed by atoms with Crippen molar-refractivity contribution in [2.45, 2.75) is 32.7 Å². The molecular weight excluding hydrogens is 200 g/mol. The Bertz CT molecular complexity index is 358. The van der Waals surface area contributed by atoms with E-state index in [2.05, 4.69) is 27.2 Å². The Morgan fingerprint density at radius 1 is 1.50 bits per heavy atom. The molecule has 0 bridgehead atoms. The molecule has 1 atom stereocenters. The second-order valence-corrected chi connectivity index (χ2v) is 4.59. The first-order chi connectivity index (χ1) is 7.66. The smallest absolute Gasteiger partial charge is 0.150 e. The molecule has 1 saturated heterocycles. The van der Waals surface area contributed by atoms with Crippen LogP contribution in [0.25, 0.3) is 0 Å². The van der Waals surface area contributed by atoms with Gasteiger partial charge in [0.25, 0.3) is 0 Å². The minimum atomic E-state index is 0.603. The molecular formula is C12H20N4. The van der Waals surface area contributed by atoms with E-state index in [0.717, 1.165) is 30.3 Å². The van der Waals surface area contributed by atoms with Gasteiger partial charge in [0, 0.05) is 25.8 Å². The zero-order valence-electron chi connectivity index (χ0n) is 10.3. The maximum Gasteiger partial charge on any atom is 0.150 e. The summed E-state index contributed by atoms with van der Waals surface area (Å²) >= 11 is 0. The highest BCUT2D eigenvalue weighted by Gasteiger charge is 2.17. The number of aryl methyl sites for hydroxylation is 2. The Labute approximate surface area is 97.1 Å². The van der Waals surface area contributed by atoms with E-state index in [4.69, 9.17) is 0 Å². The van der Waals surface area contributed by atoms with Crippen molar-refractivity contribution in [2.75, 3.05) is 25.0 Å². The van der Waals surface area contributed by atoms with E-state index < -0.39 is 0 Å². The average Bonchev–Trinajstić information content (AvgIpc) is 2.74. The number of hydrogen-bond donors (Lipinski definition) is 1. The van der Waals surface area contributed by atoms with Crippen LogP contribution >= 0.6 is 0 Å². The number of rotatable bonds is 3. The lowest BCUT2D eigenvalue weighted by atomic mass is 10.2. The first-order valence-electron chi connectivity index (χ1n) is 5.91. The van der Waals surface area contributed by atoms with E-state index in [0.29, 0.717) is 6.04 Å². The Balaban J connectivity index is 2.07. The highest BCUT2D eigenvalue weighted by Crippen LogP contribution is 2.15. The van der Waals surface area contributed by atoms with Crippen LogP contribution in [0, 0.1) is 13.8 Å². The predicted molar refractivity (Wildman–Crippen MR) is 65.8 cm³/mol. The van der Waals surface area contributed by atoms with Gasteiger partial charge in [-0.2, -0.15) is 0 Å². The van der Waals surface area contributed by atoms with Crippen molar-refractivity contribution in [3.8, 4) is 0 Å². The van der Waals surface area contributed by atoms with Crippen LogP contribution in [0.5, 0.6) is 0 Å². The van der Waals surface area contributed by atoms with Crippen molar-refractivity contribution in [3.05, 3.63) is 17.6 Å². The molecule has 1 fully saturated rings. The summed E-state index contributed by atoms with van der Waals surface area (Å²) in [4.78, 5) is 11.1. The van der Waals surface area contributed by atoms with Crippen molar-refractivity contribution < 1.29 is 0 Å². The third-order valence-electron chi connectivity index (χ3n) is 3.07. The predicted octanol–water partition coefficient (Wildman–Crippen LogP) is 1.28. The molecule has 0 aromatic carbocycles. The lowest BCUT2D eigenvalue weighted by Crippen LogP contribution is -2.36. The molecule has 4 heteroatoms. The van der Waals surface area contributed by atoms with Gasteiger partial charge in [-0.1, -0.05) is 0 Å². The third kappa shape index (κ3) is 2.50. The summed E-state index contributed by atoms with van der Waals surface area (Å²) < 4.78 is 0. The number of likely N-dealkylation sites (N-methyl/N-ethyl adjacent to an activating group) is 1. The van der Waals surface area contributed by atoms with Gasteiger partial charge in [-0.05, 0) is 33.2 Å². The minimum absolute atomic E-state index is 0.603. The molecule has 2 rings (SSSR count). The van der Waals surface area contributed by atoms with E-state index >= 15 is 0 Å². The summed E-state index contributed by atoms with van der Waals surface area (Å²) in [5.74, 6) is 1.01. The number of anilines is 1. The molecule has 0 radical (unpaired) electrons. The van der Waals surface area contributed by atoms with Gasteiger partial charge in [-0.15, -0.1) is 0 Å². The van der Waals surface area contributed by atoms with Crippen molar-refractivity contribution in [2.24, 2.45) is 0 Å². The van der Waals surface area contributed by atoms with Crippen LogP contribution in [0.15, 0.2) is 6.20 Å². The third-order valence-corrected chi connectivity index (χ3v) is 3.07. The molecule has 16 heavy (non-hydrogen) atoms. The maximum atomic E-state index is 4.55. The van der Waals surface area contributed by atoms with Crippen molar-refractivity contribution >= 4 is 5.82 Å². The van der Waals surface area contributed by atoms with Gasteiger partial charge in [0.15, 0.2) is 0 Å². The highest BCUT2D eigenvalue weighted by atomic mass is 15.2. The lowest BCUT2D eigenvalue weighted by molar-refractivity contribution is 0.596. The van der Waals surface area contributed by atoms with Gasteiger partial charge in [-0.3, -0.25) is 4.98 Å². The van der Waals surface area contributed by atoms with Crippen LogP contribution in [-0.2, 0) is 0 Å². The quantitative estimate of drug-likeness (QED) is 0.833. The second kappa shape index (κ2) is 4.78. The topological polar surface area (TPSA) is 41.1 Å². The number of hydrogen-bond acceptors (Lipinski definition) is 4. The lowest BCUT2D eigenvalue weighted by Gasteiger charge is -2.23. The van der Waals surface area contributed by atoms with E-state index in [1.54, 1.807) is 0 Å². The molecule has 1 N–H and O–H groups in total. The van der Waals surface area contributed by atoms with Gasteiger partial charge in [0.2, 0.25) is 0 Å². The molecule has 0 aliphatic carbocycles. The molecule has 0 amide bonds. The van der Waals surface area contributed by atoms with Crippen LogP contribution in [0.1, 0.15) is 24.2 Å². The average molecular weight is 220 g/mol. The summed E-state index contributed by atoms with van der Waals surface area (Å²) in [5.41, 5.74) is 1.98. The van der Waals surface area contributed by atoms with Crippen LogP contribution in [0.4, 0.5) is 5.82 Å². The highest BCUT2D eigenvalue weighted by molar-refractivity contribution is 5.42. The fourth-order valence-electron chi connectivity index (χ4n) is 2.22. The van der Waals surface area contributed by atoms with Crippen LogP contribution in [0.2, 0.25) is 0 Å². The molecule has 1 aromatic rings. The molecule has 0 spiro atoms. The van der Waals surface area contributed by atoms with Crippen molar-refractivity contribution in [1.29, 1.82) is 0 Å². The standard InChI is InChI=1S/C12H20N4/c1-9-7-14-10(2)12(15-9)16(3)8-11-5-4-6-13-11/h7,11,13H,4-6,8H2,1-3H3. The molecule has 1 aromatic heterocycles. The monoisotopic (exact) mass is 220 g/mol. The van der Waals surface area contributed by atoms with E-state index in [1.807, 2.05) is 20.0 Å². The molecule has 1 unspecified atom stereocenters. The Morgan fingerprint density at radius 2 is 2.31 bits per heavy atom. The summed E-state index contributed by atoms with van der Waals surface area (Å²) in [6.45, 7) is 6.16. The normalized spacial score (nSPS) is 20.1. The molecule has 1 aliphatic rings. The van der Waals surface area contributed by atoms with E-state index in [-0.39, 0.29) is 0 Å².